The highest BCUT2D eigenvalue weighted by atomic mass is 19.1. The summed E-state index contributed by atoms with van der Waals surface area (Å²) in [6.45, 7) is 3.61. The number of benzene rings is 1. The van der Waals surface area contributed by atoms with E-state index in [4.69, 9.17) is 0 Å². The van der Waals surface area contributed by atoms with E-state index in [2.05, 4.69) is 0 Å². The van der Waals surface area contributed by atoms with E-state index in [1.54, 1.807) is 6.92 Å². The number of nitrogens with zero attached hydrogens (tertiary/aromatic N) is 2. The van der Waals surface area contributed by atoms with Crippen molar-refractivity contribution in [3.63, 3.8) is 0 Å². The lowest BCUT2D eigenvalue weighted by atomic mass is 10.1. The molecule has 0 aliphatic heterocycles. The van der Waals surface area contributed by atoms with E-state index in [0.29, 0.717) is 18.6 Å². The standard InChI is InChI=1S/C12H14F2N2O3/c1-4-7(2)15(3)12(17)8-5-10(14)11(16(18)19)6-9(8)13/h5-7H,4H2,1-3H3. The zero-order chi connectivity index (χ0) is 14.7. The van der Waals surface area contributed by atoms with Crippen molar-refractivity contribution < 1.29 is 18.5 Å². The molecule has 0 heterocycles. The molecule has 1 aromatic carbocycles. The maximum absolute atomic E-state index is 13.6. The van der Waals surface area contributed by atoms with Crippen molar-refractivity contribution in [2.24, 2.45) is 0 Å². The van der Waals surface area contributed by atoms with Gasteiger partial charge in [0.1, 0.15) is 5.82 Å². The van der Waals surface area contributed by atoms with Crippen LogP contribution < -0.4 is 0 Å². The molecule has 1 atom stereocenters. The fourth-order valence-electron chi connectivity index (χ4n) is 1.50. The molecule has 1 rings (SSSR count). The topological polar surface area (TPSA) is 63.5 Å². The lowest BCUT2D eigenvalue weighted by molar-refractivity contribution is -0.387. The van der Waals surface area contributed by atoms with E-state index in [9.17, 15) is 23.7 Å². The Morgan fingerprint density at radius 2 is 2.00 bits per heavy atom. The molecule has 0 aromatic heterocycles. The van der Waals surface area contributed by atoms with Gasteiger partial charge in [-0.15, -0.1) is 0 Å². The molecule has 104 valence electrons. The highest BCUT2D eigenvalue weighted by molar-refractivity contribution is 5.94. The lowest BCUT2D eigenvalue weighted by Crippen LogP contribution is -2.35. The normalized spacial score (nSPS) is 12.1. The number of carbonyl (C=O) groups excluding carboxylic acids is 1. The predicted molar refractivity (Wildman–Crippen MR) is 64.9 cm³/mol. The highest BCUT2D eigenvalue weighted by Gasteiger charge is 2.25. The molecule has 7 heteroatoms. The number of hydrogen-bond donors (Lipinski definition) is 0. The fourth-order valence-corrected chi connectivity index (χ4v) is 1.50. The Bertz CT molecular complexity index is 520. The summed E-state index contributed by atoms with van der Waals surface area (Å²) < 4.78 is 27.1. The largest absolute Gasteiger partial charge is 0.339 e. The number of nitro benzene ring substituents is 1. The third-order valence-electron chi connectivity index (χ3n) is 3.04. The van der Waals surface area contributed by atoms with Crippen molar-refractivity contribution in [3.05, 3.63) is 39.4 Å². The van der Waals surface area contributed by atoms with Crippen LogP contribution in [0, 0.1) is 21.7 Å². The molecule has 0 N–H and O–H groups in total. The van der Waals surface area contributed by atoms with Gasteiger partial charge >= 0.3 is 5.69 Å². The molecule has 0 bridgehead atoms. The second-order valence-electron chi connectivity index (χ2n) is 4.21. The second kappa shape index (κ2) is 5.73. The summed E-state index contributed by atoms with van der Waals surface area (Å²) in [6, 6.07) is 0.840. The lowest BCUT2D eigenvalue weighted by Gasteiger charge is -2.24. The van der Waals surface area contributed by atoms with Crippen LogP contribution in [0.2, 0.25) is 0 Å². The van der Waals surface area contributed by atoms with Gasteiger partial charge in [-0.2, -0.15) is 4.39 Å². The van der Waals surface area contributed by atoms with Gasteiger partial charge in [0.15, 0.2) is 0 Å². The van der Waals surface area contributed by atoms with E-state index < -0.39 is 33.7 Å². The fraction of sp³-hybridized carbons (Fsp3) is 0.417. The van der Waals surface area contributed by atoms with Gasteiger partial charge in [-0.05, 0) is 19.4 Å². The monoisotopic (exact) mass is 272 g/mol. The van der Waals surface area contributed by atoms with Crippen LogP contribution in [0.15, 0.2) is 12.1 Å². The predicted octanol–water partition coefficient (Wildman–Crippen LogP) is 2.74. The van der Waals surface area contributed by atoms with Crippen molar-refractivity contribution in [1.82, 2.24) is 4.90 Å². The van der Waals surface area contributed by atoms with Gasteiger partial charge in [0, 0.05) is 13.1 Å². The number of nitro groups is 1. The molecule has 0 aliphatic rings. The highest BCUT2D eigenvalue weighted by Crippen LogP contribution is 2.22. The molecular weight excluding hydrogens is 258 g/mol. The summed E-state index contributed by atoms with van der Waals surface area (Å²) in [5.41, 5.74) is -1.49. The number of halogens is 2. The smallest absolute Gasteiger partial charge is 0.307 e. The average Bonchev–Trinajstić information content (AvgIpc) is 2.37. The van der Waals surface area contributed by atoms with Crippen LogP contribution in [0.1, 0.15) is 30.6 Å². The van der Waals surface area contributed by atoms with Crippen molar-refractivity contribution in [3.8, 4) is 0 Å². The van der Waals surface area contributed by atoms with Gasteiger partial charge in [0.05, 0.1) is 16.6 Å². The summed E-state index contributed by atoms with van der Waals surface area (Å²) in [6.07, 6.45) is 0.652. The molecule has 0 aliphatic carbocycles. The van der Waals surface area contributed by atoms with E-state index in [1.165, 1.54) is 11.9 Å². The quantitative estimate of drug-likeness (QED) is 0.625. The van der Waals surface area contributed by atoms with Crippen LogP contribution in [0.5, 0.6) is 0 Å². The van der Waals surface area contributed by atoms with E-state index in [-0.39, 0.29) is 6.04 Å². The Balaban J connectivity index is 3.19. The summed E-state index contributed by atoms with van der Waals surface area (Å²) in [5, 5.41) is 10.4. The summed E-state index contributed by atoms with van der Waals surface area (Å²) in [5.74, 6) is -3.04. The summed E-state index contributed by atoms with van der Waals surface area (Å²) in [4.78, 5) is 22.6. The Hall–Kier alpha value is -2.05. The second-order valence-corrected chi connectivity index (χ2v) is 4.21. The van der Waals surface area contributed by atoms with Crippen LogP contribution in [-0.4, -0.2) is 28.8 Å². The maximum Gasteiger partial charge on any atom is 0.307 e. The van der Waals surface area contributed by atoms with E-state index in [0.717, 1.165) is 0 Å². The Kier molecular flexibility index (Phi) is 4.52. The van der Waals surface area contributed by atoms with Crippen molar-refractivity contribution in [2.75, 3.05) is 7.05 Å². The van der Waals surface area contributed by atoms with Crippen LogP contribution in [0.3, 0.4) is 0 Å². The minimum absolute atomic E-state index is 0.148. The van der Waals surface area contributed by atoms with Gasteiger partial charge < -0.3 is 4.90 Å². The van der Waals surface area contributed by atoms with Gasteiger partial charge in [-0.25, -0.2) is 4.39 Å². The SMILES string of the molecule is CCC(C)N(C)C(=O)c1cc(F)c([N+](=O)[O-])cc1F. The number of amides is 1. The zero-order valence-corrected chi connectivity index (χ0v) is 10.8. The van der Waals surface area contributed by atoms with Gasteiger partial charge in [-0.1, -0.05) is 6.92 Å². The third kappa shape index (κ3) is 3.04. The number of carbonyl (C=O) groups is 1. The van der Waals surface area contributed by atoms with Crippen molar-refractivity contribution in [2.45, 2.75) is 26.3 Å². The van der Waals surface area contributed by atoms with Gasteiger partial charge in [-0.3, -0.25) is 14.9 Å². The first-order valence-corrected chi connectivity index (χ1v) is 5.70. The Morgan fingerprint density at radius 3 is 2.47 bits per heavy atom. The number of rotatable bonds is 4. The van der Waals surface area contributed by atoms with Crippen LogP contribution in [-0.2, 0) is 0 Å². The zero-order valence-electron chi connectivity index (χ0n) is 10.8. The minimum Gasteiger partial charge on any atom is -0.339 e. The van der Waals surface area contributed by atoms with Crippen molar-refractivity contribution in [1.29, 1.82) is 0 Å². The third-order valence-corrected chi connectivity index (χ3v) is 3.04. The minimum atomic E-state index is -1.23. The first-order chi connectivity index (χ1) is 8.79. The van der Waals surface area contributed by atoms with Crippen LogP contribution in [0.4, 0.5) is 14.5 Å². The first kappa shape index (κ1) is 15.0. The average molecular weight is 272 g/mol. The van der Waals surface area contributed by atoms with Gasteiger partial charge in [0.2, 0.25) is 5.82 Å². The molecule has 0 saturated carbocycles. The van der Waals surface area contributed by atoms with Crippen LogP contribution in [0.25, 0.3) is 0 Å². The first-order valence-electron chi connectivity index (χ1n) is 5.70. The summed E-state index contributed by atoms with van der Waals surface area (Å²) in [7, 11) is 1.47. The van der Waals surface area contributed by atoms with E-state index >= 15 is 0 Å². The Labute approximate surface area is 109 Å². The molecule has 0 spiro atoms. The molecule has 1 unspecified atom stereocenters. The summed E-state index contributed by atoms with van der Waals surface area (Å²) >= 11 is 0. The molecule has 5 nitrogen and oxygen atoms in total. The van der Waals surface area contributed by atoms with Crippen molar-refractivity contribution >= 4 is 11.6 Å². The molecule has 0 saturated heterocycles. The Morgan fingerprint density at radius 1 is 1.42 bits per heavy atom. The molecule has 1 amide bonds. The molecule has 1 aromatic rings. The molecule has 0 radical (unpaired) electrons. The van der Waals surface area contributed by atoms with E-state index in [1.807, 2.05) is 6.92 Å². The maximum atomic E-state index is 13.6. The molecule has 19 heavy (non-hydrogen) atoms. The number of hydrogen-bond acceptors (Lipinski definition) is 3. The molecule has 0 fully saturated rings. The van der Waals surface area contributed by atoms with Crippen LogP contribution >= 0.6 is 0 Å². The molecular formula is C12H14F2N2O3. The van der Waals surface area contributed by atoms with Gasteiger partial charge in [0.25, 0.3) is 5.91 Å².